The van der Waals surface area contributed by atoms with E-state index in [1.165, 1.54) is 22.4 Å². The summed E-state index contributed by atoms with van der Waals surface area (Å²) in [6, 6.07) is 8.78. The quantitative estimate of drug-likeness (QED) is 0.894. The van der Waals surface area contributed by atoms with E-state index in [9.17, 15) is 0 Å². The van der Waals surface area contributed by atoms with Gasteiger partial charge in [-0.1, -0.05) is 38.1 Å². The van der Waals surface area contributed by atoms with Gasteiger partial charge in [0.1, 0.15) is 0 Å². The molecule has 0 aliphatic heterocycles. The Morgan fingerprint density at radius 2 is 1.89 bits per heavy atom. The zero-order valence-corrected chi connectivity index (χ0v) is 11.6. The summed E-state index contributed by atoms with van der Waals surface area (Å²) >= 11 is 0. The molecule has 0 saturated carbocycles. The maximum absolute atomic E-state index is 4.35. The third kappa shape index (κ3) is 2.46. The van der Waals surface area contributed by atoms with Crippen LogP contribution in [0.25, 0.3) is 11.1 Å². The van der Waals surface area contributed by atoms with Crippen LogP contribution in [0.15, 0.2) is 30.5 Å². The molecule has 0 amide bonds. The molecule has 2 aromatic rings. The Kier molecular flexibility index (Phi) is 3.82. The molecule has 0 spiro atoms. The lowest BCUT2D eigenvalue weighted by atomic mass is 9.99. The molecule has 1 N–H and O–H groups in total. The van der Waals surface area contributed by atoms with Crippen LogP contribution in [0.1, 0.15) is 31.0 Å². The molecule has 0 saturated heterocycles. The van der Waals surface area contributed by atoms with Gasteiger partial charge in [-0.2, -0.15) is 5.10 Å². The van der Waals surface area contributed by atoms with Gasteiger partial charge in [0.25, 0.3) is 0 Å². The summed E-state index contributed by atoms with van der Waals surface area (Å²) < 4.78 is 1.93. The monoisotopic (exact) mass is 243 g/mol. The van der Waals surface area contributed by atoms with Gasteiger partial charge in [0.15, 0.2) is 0 Å². The molecule has 1 aromatic carbocycles. The zero-order chi connectivity index (χ0) is 13.1. The summed E-state index contributed by atoms with van der Waals surface area (Å²) in [7, 11) is 3.94. The van der Waals surface area contributed by atoms with Crippen LogP contribution < -0.4 is 5.32 Å². The molecule has 0 unspecified atom stereocenters. The van der Waals surface area contributed by atoms with E-state index in [1.54, 1.807) is 0 Å². The molecule has 18 heavy (non-hydrogen) atoms. The van der Waals surface area contributed by atoms with E-state index in [1.807, 2.05) is 25.0 Å². The molecule has 0 aliphatic rings. The number of benzene rings is 1. The van der Waals surface area contributed by atoms with E-state index < -0.39 is 0 Å². The number of hydrogen-bond donors (Lipinski definition) is 1. The topological polar surface area (TPSA) is 29.9 Å². The lowest BCUT2D eigenvalue weighted by Gasteiger charge is -2.08. The van der Waals surface area contributed by atoms with Gasteiger partial charge in [-0.15, -0.1) is 0 Å². The maximum atomic E-state index is 4.35. The normalized spacial score (nSPS) is 11.2. The first-order chi connectivity index (χ1) is 8.63. The minimum absolute atomic E-state index is 0.574. The van der Waals surface area contributed by atoms with Crippen LogP contribution >= 0.6 is 0 Å². The summed E-state index contributed by atoms with van der Waals surface area (Å²) in [4.78, 5) is 0. The Balaban J connectivity index is 2.36. The lowest BCUT2D eigenvalue weighted by Crippen LogP contribution is -2.10. The first kappa shape index (κ1) is 12.8. The molecule has 0 aliphatic carbocycles. The highest BCUT2D eigenvalue weighted by atomic mass is 15.3. The number of nitrogens with one attached hydrogen (secondary N) is 1. The fourth-order valence-corrected chi connectivity index (χ4v) is 2.13. The highest BCUT2D eigenvalue weighted by molar-refractivity contribution is 5.65. The number of hydrogen-bond acceptors (Lipinski definition) is 2. The second kappa shape index (κ2) is 5.36. The average molecular weight is 243 g/mol. The molecule has 0 radical (unpaired) electrons. The highest BCUT2D eigenvalue weighted by Crippen LogP contribution is 2.25. The van der Waals surface area contributed by atoms with Crippen LogP contribution in [0.4, 0.5) is 0 Å². The highest BCUT2D eigenvalue weighted by Gasteiger charge is 2.10. The Labute approximate surface area is 109 Å². The molecule has 0 bridgehead atoms. The van der Waals surface area contributed by atoms with Gasteiger partial charge in [-0.25, -0.2) is 0 Å². The first-order valence-corrected chi connectivity index (χ1v) is 6.39. The first-order valence-electron chi connectivity index (χ1n) is 6.39. The number of aryl methyl sites for hydroxylation is 1. The molecule has 2 rings (SSSR count). The fourth-order valence-electron chi connectivity index (χ4n) is 2.13. The van der Waals surface area contributed by atoms with Crippen molar-refractivity contribution in [3.05, 3.63) is 41.7 Å². The Hall–Kier alpha value is -1.61. The van der Waals surface area contributed by atoms with E-state index in [0.717, 1.165) is 6.54 Å². The van der Waals surface area contributed by atoms with Crippen molar-refractivity contribution < 1.29 is 0 Å². The van der Waals surface area contributed by atoms with Gasteiger partial charge in [0.05, 0.1) is 11.9 Å². The van der Waals surface area contributed by atoms with Crippen molar-refractivity contribution in [1.82, 2.24) is 15.1 Å². The average Bonchev–Trinajstić information content (AvgIpc) is 2.72. The molecule has 0 atom stereocenters. The van der Waals surface area contributed by atoms with E-state index in [4.69, 9.17) is 0 Å². The van der Waals surface area contributed by atoms with Crippen molar-refractivity contribution in [3.63, 3.8) is 0 Å². The summed E-state index contributed by atoms with van der Waals surface area (Å²) in [5.74, 6) is 0.574. The molecular weight excluding hydrogens is 222 g/mol. The number of rotatable bonds is 4. The molecule has 1 aromatic heterocycles. The van der Waals surface area contributed by atoms with Crippen LogP contribution in [-0.2, 0) is 13.6 Å². The minimum atomic E-state index is 0.574. The molecule has 0 fully saturated rings. The van der Waals surface area contributed by atoms with Crippen molar-refractivity contribution in [2.45, 2.75) is 26.3 Å². The van der Waals surface area contributed by atoms with E-state index in [0.29, 0.717) is 5.92 Å². The smallest absolute Gasteiger partial charge is 0.0597 e. The molecule has 96 valence electrons. The van der Waals surface area contributed by atoms with Crippen molar-refractivity contribution >= 4 is 0 Å². The molecule has 1 heterocycles. The van der Waals surface area contributed by atoms with Crippen LogP contribution in [0.3, 0.4) is 0 Å². The van der Waals surface area contributed by atoms with Crippen LogP contribution in [-0.4, -0.2) is 16.8 Å². The zero-order valence-electron chi connectivity index (χ0n) is 11.6. The molecular formula is C15H21N3. The fraction of sp³-hybridized carbons (Fsp3) is 0.400. The van der Waals surface area contributed by atoms with Crippen molar-refractivity contribution in [1.29, 1.82) is 0 Å². The van der Waals surface area contributed by atoms with Gasteiger partial charge in [-0.3, -0.25) is 4.68 Å². The molecule has 3 heteroatoms. The van der Waals surface area contributed by atoms with Crippen molar-refractivity contribution in [3.8, 4) is 11.1 Å². The van der Waals surface area contributed by atoms with Gasteiger partial charge in [0, 0.05) is 19.2 Å². The van der Waals surface area contributed by atoms with E-state index >= 15 is 0 Å². The predicted octanol–water partition coefficient (Wildman–Crippen LogP) is 2.93. The largest absolute Gasteiger partial charge is 0.314 e. The Bertz CT molecular complexity index is 509. The summed E-state index contributed by atoms with van der Waals surface area (Å²) in [5, 5.41) is 7.54. The van der Waals surface area contributed by atoms with Crippen molar-refractivity contribution in [2.24, 2.45) is 7.05 Å². The van der Waals surface area contributed by atoms with E-state index in [2.05, 4.69) is 48.5 Å². The Morgan fingerprint density at radius 1 is 1.22 bits per heavy atom. The van der Waals surface area contributed by atoms with E-state index in [-0.39, 0.29) is 0 Å². The number of aromatic nitrogens is 2. The summed E-state index contributed by atoms with van der Waals surface area (Å²) in [6.07, 6.45) is 1.94. The van der Waals surface area contributed by atoms with Gasteiger partial charge >= 0.3 is 0 Å². The summed E-state index contributed by atoms with van der Waals surface area (Å²) in [5.41, 5.74) is 5.03. The lowest BCUT2D eigenvalue weighted by molar-refractivity contribution is 0.673. The van der Waals surface area contributed by atoms with Gasteiger partial charge < -0.3 is 5.32 Å². The minimum Gasteiger partial charge on any atom is -0.314 e. The predicted molar refractivity (Wildman–Crippen MR) is 75.5 cm³/mol. The molecule has 3 nitrogen and oxygen atoms in total. The van der Waals surface area contributed by atoms with Crippen molar-refractivity contribution in [2.75, 3.05) is 7.05 Å². The standard InChI is InChI=1S/C15H21N3/c1-11(2)12-5-7-13(8-6-12)14-9-17-18(4)15(14)10-16-3/h5-9,11,16H,10H2,1-4H3. The Morgan fingerprint density at radius 3 is 2.44 bits per heavy atom. The second-order valence-electron chi connectivity index (χ2n) is 4.94. The van der Waals surface area contributed by atoms with Crippen LogP contribution in [0, 0.1) is 0 Å². The second-order valence-corrected chi connectivity index (χ2v) is 4.94. The van der Waals surface area contributed by atoms with Crippen LogP contribution in [0.2, 0.25) is 0 Å². The van der Waals surface area contributed by atoms with Crippen LogP contribution in [0.5, 0.6) is 0 Å². The number of nitrogens with zero attached hydrogens (tertiary/aromatic N) is 2. The SMILES string of the molecule is CNCc1c(-c2ccc(C(C)C)cc2)cnn1C. The van der Waals surface area contributed by atoms with Gasteiger partial charge in [0.2, 0.25) is 0 Å². The van der Waals surface area contributed by atoms with Gasteiger partial charge in [-0.05, 0) is 24.1 Å². The third-order valence-electron chi connectivity index (χ3n) is 3.29. The maximum Gasteiger partial charge on any atom is 0.0597 e. The summed E-state index contributed by atoms with van der Waals surface area (Å²) in [6.45, 7) is 5.26. The third-order valence-corrected chi connectivity index (χ3v) is 3.29.